The molecule has 1 amide bonds. The zero-order chi connectivity index (χ0) is 16.8. The molecule has 1 aliphatic heterocycles. The number of thiophene rings is 1. The Morgan fingerprint density at radius 3 is 2.40 bits per heavy atom. The molecular weight excluding hydrogens is 359 g/mol. The minimum absolute atomic E-state index is 0. The normalized spacial score (nSPS) is 16.5. The van der Waals surface area contributed by atoms with E-state index in [1.807, 2.05) is 0 Å². The number of halogens is 2. The second kappa shape index (κ2) is 9.90. The SMILES string of the molecule is Cl.O=C(NCC(c1cccs1)N1CCCCCC1)c1ccc(F)cc1. The van der Waals surface area contributed by atoms with Crippen LogP contribution >= 0.6 is 23.7 Å². The maximum Gasteiger partial charge on any atom is 0.251 e. The topological polar surface area (TPSA) is 32.3 Å². The van der Waals surface area contributed by atoms with E-state index in [0.29, 0.717) is 12.1 Å². The number of amides is 1. The molecule has 2 aromatic rings. The number of likely N-dealkylation sites (tertiary alicyclic amines) is 1. The molecule has 1 saturated heterocycles. The first kappa shape index (κ1) is 19.9. The molecule has 1 aliphatic rings. The Morgan fingerprint density at radius 1 is 1.12 bits per heavy atom. The molecule has 1 unspecified atom stereocenters. The number of carbonyl (C=O) groups excluding carboxylic acids is 1. The highest BCUT2D eigenvalue weighted by Gasteiger charge is 2.23. The smallest absolute Gasteiger partial charge is 0.251 e. The molecule has 25 heavy (non-hydrogen) atoms. The molecule has 1 N–H and O–H groups in total. The lowest BCUT2D eigenvalue weighted by molar-refractivity contribution is 0.0934. The van der Waals surface area contributed by atoms with Crippen molar-refractivity contribution in [1.29, 1.82) is 0 Å². The molecule has 1 fully saturated rings. The molecule has 1 aromatic heterocycles. The molecule has 1 aromatic carbocycles. The van der Waals surface area contributed by atoms with Gasteiger partial charge in [-0.05, 0) is 61.6 Å². The number of nitrogens with zero attached hydrogens (tertiary/aromatic N) is 1. The number of carbonyl (C=O) groups is 1. The minimum atomic E-state index is -0.326. The van der Waals surface area contributed by atoms with Crippen LogP contribution in [0.5, 0.6) is 0 Å². The van der Waals surface area contributed by atoms with Gasteiger partial charge in [0.05, 0.1) is 6.04 Å². The van der Waals surface area contributed by atoms with Crippen LogP contribution in [0.4, 0.5) is 4.39 Å². The summed E-state index contributed by atoms with van der Waals surface area (Å²) in [6.07, 6.45) is 5.01. The highest BCUT2D eigenvalue weighted by atomic mass is 35.5. The molecule has 0 bridgehead atoms. The van der Waals surface area contributed by atoms with Crippen molar-refractivity contribution < 1.29 is 9.18 Å². The van der Waals surface area contributed by atoms with E-state index in [9.17, 15) is 9.18 Å². The van der Waals surface area contributed by atoms with Crippen LogP contribution < -0.4 is 5.32 Å². The Kier molecular flexibility index (Phi) is 7.88. The summed E-state index contributed by atoms with van der Waals surface area (Å²) in [5.41, 5.74) is 0.497. The molecule has 0 radical (unpaired) electrons. The summed E-state index contributed by atoms with van der Waals surface area (Å²) in [6.45, 7) is 2.74. The third-order valence-electron chi connectivity index (χ3n) is 4.52. The summed E-state index contributed by atoms with van der Waals surface area (Å²) < 4.78 is 13.0. The summed E-state index contributed by atoms with van der Waals surface area (Å²) in [5.74, 6) is -0.473. The Balaban J connectivity index is 0.00000225. The average Bonchev–Trinajstić information content (AvgIpc) is 2.98. The third-order valence-corrected chi connectivity index (χ3v) is 5.49. The maximum absolute atomic E-state index is 13.0. The Bertz CT molecular complexity index is 640. The van der Waals surface area contributed by atoms with Gasteiger partial charge in [-0.3, -0.25) is 9.69 Å². The number of nitrogens with one attached hydrogen (secondary N) is 1. The van der Waals surface area contributed by atoms with Gasteiger partial charge in [-0.2, -0.15) is 0 Å². The quantitative estimate of drug-likeness (QED) is 0.815. The molecule has 1 atom stereocenters. The van der Waals surface area contributed by atoms with Crippen molar-refractivity contribution >= 4 is 29.7 Å². The fraction of sp³-hybridized carbons (Fsp3) is 0.421. The fourth-order valence-electron chi connectivity index (χ4n) is 3.19. The van der Waals surface area contributed by atoms with E-state index in [1.54, 1.807) is 11.3 Å². The zero-order valence-electron chi connectivity index (χ0n) is 14.1. The first-order valence-electron chi connectivity index (χ1n) is 8.55. The van der Waals surface area contributed by atoms with E-state index in [4.69, 9.17) is 0 Å². The molecule has 3 nitrogen and oxygen atoms in total. The first-order valence-corrected chi connectivity index (χ1v) is 9.43. The van der Waals surface area contributed by atoms with E-state index in [-0.39, 0.29) is 30.2 Å². The second-order valence-corrected chi connectivity index (χ2v) is 7.18. The lowest BCUT2D eigenvalue weighted by atomic mass is 10.1. The summed E-state index contributed by atoms with van der Waals surface area (Å²) >= 11 is 1.74. The highest BCUT2D eigenvalue weighted by Crippen LogP contribution is 2.27. The summed E-state index contributed by atoms with van der Waals surface area (Å²) in [5, 5.41) is 5.11. The van der Waals surface area contributed by atoms with Crippen LogP contribution in [-0.2, 0) is 0 Å². The van der Waals surface area contributed by atoms with E-state index < -0.39 is 0 Å². The predicted molar refractivity (Wildman–Crippen MR) is 103 cm³/mol. The predicted octanol–water partition coefficient (Wildman–Crippen LogP) is 4.66. The number of benzene rings is 1. The van der Waals surface area contributed by atoms with Gasteiger partial charge in [-0.25, -0.2) is 4.39 Å². The van der Waals surface area contributed by atoms with E-state index in [2.05, 4.69) is 27.7 Å². The number of rotatable bonds is 5. The number of hydrogen-bond donors (Lipinski definition) is 1. The van der Waals surface area contributed by atoms with Crippen LogP contribution in [0.1, 0.15) is 47.0 Å². The van der Waals surface area contributed by atoms with Crippen molar-refractivity contribution in [3.8, 4) is 0 Å². The summed E-state index contributed by atoms with van der Waals surface area (Å²) in [6, 6.07) is 10.1. The monoisotopic (exact) mass is 382 g/mol. The van der Waals surface area contributed by atoms with Gasteiger partial charge in [0.25, 0.3) is 5.91 Å². The fourth-order valence-corrected chi connectivity index (χ4v) is 4.05. The van der Waals surface area contributed by atoms with Crippen LogP contribution in [0.25, 0.3) is 0 Å². The van der Waals surface area contributed by atoms with Crippen LogP contribution in [0.2, 0.25) is 0 Å². The van der Waals surface area contributed by atoms with Gasteiger partial charge in [0.15, 0.2) is 0 Å². The largest absolute Gasteiger partial charge is 0.350 e. The van der Waals surface area contributed by atoms with Crippen molar-refractivity contribution in [3.05, 3.63) is 58.0 Å². The van der Waals surface area contributed by atoms with Crippen molar-refractivity contribution in [2.24, 2.45) is 0 Å². The molecule has 3 rings (SSSR count). The van der Waals surface area contributed by atoms with Crippen molar-refractivity contribution in [2.75, 3.05) is 19.6 Å². The average molecular weight is 383 g/mol. The molecule has 136 valence electrons. The van der Waals surface area contributed by atoms with Gasteiger partial charge in [-0.1, -0.05) is 18.9 Å². The van der Waals surface area contributed by atoms with Gasteiger partial charge in [0.2, 0.25) is 0 Å². The molecule has 0 saturated carbocycles. The van der Waals surface area contributed by atoms with Crippen molar-refractivity contribution in [1.82, 2.24) is 10.2 Å². The lowest BCUT2D eigenvalue weighted by Crippen LogP contribution is -2.38. The van der Waals surface area contributed by atoms with Gasteiger partial charge in [0.1, 0.15) is 5.82 Å². The standard InChI is InChI=1S/C19H23FN2OS.ClH/c20-16-9-7-15(8-10-16)19(23)21-14-17(18-6-5-13-24-18)22-11-3-1-2-4-12-22;/h5-10,13,17H,1-4,11-12,14H2,(H,21,23);1H. The van der Waals surface area contributed by atoms with Crippen LogP contribution in [-0.4, -0.2) is 30.4 Å². The Morgan fingerprint density at radius 2 is 1.80 bits per heavy atom. The maximum atomic E-state index is 13.0. The highest BCUT2D eigenvalue weighted by molar-refractivity contribution is 7.10. The first-order chi connectivity index (χ1) is 11.7. The van der Waals surface area contributed by atoms with Gasteiger partial charge < -0.3 is 5.32 Å². The Labute approximate surface area is 158 Å². The lowest BCUT2D eigenvalue weighted by Gasteiger charge is -2.30. The molecule has 6 heteroatoms. The summed E-state index contributed by atoms with van der Waals surface area (Å²) in [7, 11) is 0. The van der Waals surface area contributed by atoms with Crippen molar-refractivity contribution in [2.45, 2.75) is 31.7 Å². The molecule has 0 aliphatic carbocycles. The van der Waals surface area contributed by atoms with Gasteiger partial charge >= 0.3 is 0 Å². The third kappa shape index (κ3) is 5.53. The van der Waals surface area contributed by atoms with Crippen LogP contribution in [0.3, 0.4) is 0 Å². The van der Waals surface area contributed by atoms with Crippen LogP contribution in [0.15, 0.2) is 41.8 Å². The van der Waals surface area contributed by atoms with Crippen LogP contribution in [0, 0.1) is 5.82 Å². The van der Waals surface area contributed by atoms with Crippen molar-refractivity contribution in [3.63, 3.8) is 0 Å². The second-order valence-electron chi connectivity index (χ2n) is 6.20. The van der Waals surface area contributed by atoms with Gasteiger partial charge in [-0.15, -0.1) is 23.7 Å². The summed E-state index contributed by atoms with van der Waals surface area (Å²) in [4.78, 5) is 16.1. The molecule has 0 spiro atoms. The van der Waals surface area contributed by atoms with E-state index >= 15 is 0 Å². The Hall–Kier alpha value is -1.43. The molecule has 2 heterocycles. The van der Waals surface area contributed by atoms with Gasteiger partial charge in [0, 0.05) is 17.0 Å². The molecular formula is C19H24ClFN2OS. The van der Waals surface area contributed by atoms with E-state index in [1.165, 1.54) is 54.8 Å². The number of hydrogen-bond acceptors (Lipinski definition) is 3. The zero-order valence-corrected chi connectivity index (χ0v) is 15.8. The van der Waals surface area contributed by atoms with E-state index in [0.717, 1.165) is 13.1 Å². The minimum Gasteiger partial charge on any atom is -0.350 e.